The summed E-state index contributed by atoms with van der Waals surface area (Å²) < 4.78 is 0. The first kappa shape index (κ1) is 38.8. The second-order valence-corrected chi connectivity index (χ2v) is 19.5. The van der Waals surface area contributed by atoms with Crippen molar-refractivity contribution in [2.24, 2.45) is 49.9 Å². The van der Waals surface area contributed by atoms with Crippen LogP contribution in [-0.4, -0.2) is 60.9 Å². The third-order valence-electron chi connectivity index (χ3n) is 17.3. The fraction of sp³-hybridized carbons (Fsp3) is 0.462. The van der Waals surface area contributed by atoms with Crippen molar-refractivity contribution in [2.45, 2.75) is 102 Å². The quantitative estimate of drug-likeness (QED) is 0.0530. The summed E-state index contributed by atoms with van der Waals surface area (Å²) in [5.74, 6) is 0.750. The number of phenols is 5. The zero-order valence-electron chi connectivity index (χ0n) is 34.7. The zero-order valence-corrected chi connectivity index (χ0v) is 34.7. The third-order valence-corrected chi connectivity index (χ3v) is 17.3. The first-order valence-corrected chi connectivity index (χ1v) is 22.8. The molecule has 0 radical (unpaired) electrons. The second-order valence-electron chi connectivity index (χ2n) is 19.5. The van der Waals surface area contributed by atoms with Crippen molar-refractivity contribution in [2.75, 3.05) is 6.67 Å². The van der Waals surface area contributed by atoms with Crippen LogP contribution in [0.2, 0.25) is 0 Å². The van der Waals surface area contributed by atoms with Gasteiger partial charge in [-0.2, -0.15) is 0 Å². The Morgan fingerprint density at radius 1 is 0.721 bits per heavy atom. The van der Waals surface area contributed by atoms with E-state index in [4.69, 9.17) is 9.98 Å². The van der Waals surface area contributed by atoms with E-state index in [0.717, 1.165) is 24.9 Å². The minimum Gasteiger partial charge on any atom is -0.507 e. The van der Waals surface area contributed by atoms with Gasteiger partial charge in [0.15, 0.2) is 23.0 Å². The number of aliphatic hydroxyl groups is 1. The van der Waals surface area contributed by atoms with Crippen LogP contribution in [0.25, 0.3) is 22.9 Å². The van der Waals surface area contributed by atoms with Crippen LogP contribution < -0.4 is 5.32 Å². The van der Waals surface area contributed by atoms with Crippen LogP contribution in [0.1, 0.15) is 98.4 Å². The van der Waals surface area contributed by atoms with Crippen LogP contribution in [0, 0.1) is 39.9 Å². The van der Waals surface area contributed by atoms with Crippen molar-refractivity contribution in [3.05, 3.63) is 101 Å². The molecule has 9 heteroatoms. The molecule has 0 aromatic heterocycles. The average molecular weight is 820 g/mol. The molecule has 11 rings (SSSR count). The Balaban J connectivity index is 0.893. The molecule has 7 aliphatic rings. The summed E-state index contributed by atoms with van der Waals surface area (Å²) in [6.07, 6.45) is 21.9. The molecule has 9 nitrogen and oxygen atoms in total. The summed E-state index contributed by atoms with van der Waals surface area (Å²) in [4.78, 5) is 10.5. The van der Waals surface area contributed by atoms with Gasteiger partial charge >= 0.3 is 0 Å². The molecule has 5 fully saturated rings. The minimum absolute atomic E-state index is 0.109. The lowest BCUT2D eigenvalue weighted by molar-refractivity contribution is -0.202. The number of hydrogen-bond acceptors (Lipinski definition) is 9. The van der Waals surface area contributed by atoms with Gasteiger partial charge in [-0.1, -0.05) is 73.2 Å². The largest absolute Gasteiger partial charge is 0.507 e. The van der Waals surface area contributed by atoms with Crippen LogP contribution in [0.4, 0.5) is 0 Å². The molecule has 9 atom stereocenters. The van der Waals surface area contributed by atoms with E-state index >= 15 is 0 Å². The number of hydrogen-bond donors (Lipinski definition) is 7. The van der Waals surface area contributed by atoms with Gasteiger partial charge in [0.25, 0.3) is 0 Å². The topological polar surface area (TPSA) is 158 Å². The lowest BCUT2D eigenvalue weighted by Gasteiger charge is -2.72. The number of nitrogens with zero attached hydrogens (tertiary/aromatic N) is 2. The molecule has 61 heavy (non-hydrogen) atoms. The molecule has 4 aromatic carbocycles. The first-order valence-electron chi connectivity index (χ1n) is 22.8. The third kappa shape index (κ3) is 5.58. The molecule has 0 bridgehead atoms. The van der Waals surface area contributed by atoms with Crippen molar-refractivity contribution in [1.82, 2.24) is 5.32 Å². The highest BCUT2D eigenvalue weighted by Crippen LogP contribution is 2.79. The van der Waals surface area contributed by atoms with Crippen LogP contribution >= 0.6 is 0 Å². The molecule has 1 heterocycles. The van der Waals surface area contributed by atoms with E-state index in [-0.39, 0.29) is 62.3 Å². The molecule has 5 saturated carbocycles. The van der Waals surface area contributed by atoms with Gasteiger partial charge in [-0.05, 0) is 151 Å². The fourth-order valence-electron chi connectivity index (χ4n) is 15.1. The molecule has 7 N–H and O–H groups in total. The Bertz CT molecular complexity index is 2540. The van der Waals surface area contributed by atoms with E-state index in [1.807, 2.05) is 6.08 Å². The van der Waals surface area contributed by atoms with Crippen LogP contribution in [-0.2, 0) is 19.4 Å². The molecule has 0 amide bonds. The number of allylic oxidation sites excluding steroid dienone is 1. The smallest absolute Gasteiger partial charge is 0.169 e. The normalized spacial score (nSPS) is 33.4. The summed E-state index contributed by atoms with van der Waals surface area (Å²) in [6, 6.07) is 18.5. The number of phenolic OH excluding ortho intramolecular Hbond substituents is 5. The molecule has 316 valence electrons. The summed E-state index contributed by atoms with van der Waals surface area (Å²) in [5.41, 5.74) is 6.61. The Labute approximate surface area is 357 Å². The molecule has 6 aliphatic carbocycles. The van der Waals surface area contributed by atoms with E-state index in [1.54, 1.807) is 24.3 Å². The Morgan fingerprint density at radius 2 is 1.52 bits per heavy atom. The van der Waals surface area contributed by atoms with Gasteiger partial charge in [-0.15, -0.1) is 0 Å². The minimum atomic E-state index is -0.482. The summed E-state index contributed by atoms with van der Waals surface area (Å²) in [7, 11) is 0. The van der Waals surface area contributed by atoms with Gasteiger partial charge in [-0.3, -0.25) is 9.98 Å². The predicted molar refractivity (Wildman–Crippen MR) is 239 cm³/mol. The molecular formula is C52H57N3O6. The number of nitrogens with one attached hydrogen (secondary N) is 1. The maximum absolute atomic E-state index is 12.4. The van der Waals surface area contributed by atoms with Gasteiger partial charge in [-0.25, -0.2) is 0 Å². The maximum atomic E-state index is 12.4. The molecule has 0 saturated heterocycles. The number of benzene rings is 4. The highest BCUT2D eigenvalue weighted by atomic mass is 16.3. The molecule has 4 aromatic rings. The van der Waals surface area contributed by atoms with E-state index in [1.165, 1.54) is 93.0 Å². The van der Waals surface area contributed by atoms with Gasteiger partial charge in [0.2, 0.25) is 0 Å². The summed E-state index contributed by atoms with van der Waals surface area (Å²) in [6.45, 7) is 1.25. The number of rotatable bonds is 8. The van der Waals surface area contributed by atoms with E-state index in [2.05, 4.69) is 41.7 Å². The standard InChI is InChI=1S/C52H57N3O6/c56-40-21-12-31(27-43(40)59)11-18-36-37-4-1-5-41(57)45(37)47(61)46(60)38(36)19-10-30-6-8-32(9-7-30)28-53-44-23-17-35-14-13-34-15-20-39-49(55-29-54-39)52(44)48-42(58)22-16-33-3-2-24-50(33,48)25-26-51(34,35)52/h1,4-9,11-12,16,18,21-22,27,33-35,42,44,48,53,56-61H,2-3,10,13-15,17,19-20,23-26,28-29H2. The SMILES string of the molecule is Oc1ccc(C=Cc2c(CCc3ccc(CNC4CCC5CCC6CCC7=NCN=C7C47C4C(O)C=CC8CCCC84CCC657)cc3)c(O)c(O)c3c(O)cccc23)cc1O. The number of aromatic hydroxyl groups is 5. The maximum Gasteiger partial charge on any atom is 0.169 e. The lowest BCUT2D eigenvalue weighted by atomic mass is 9.33. The van der Waals surface area contributed by atoms with Crippen molar-refractivity contribution < 1.29 is 30.6 Å². The first-order chi connectivity index (χ1) is 29.7. The fourth-order valence-corrected chi connectivity index (χ4v) is 15.1. The number of fused-ring (bicyclic) bond motifs is 2. The van der Waals surface area contributed by atoms with Crippen LogP contribution in [0.5, 0.6) is 28.7 Å². The Kier molecular flexibility index (Phi) is 9.21. The monoisotopic (exact) mass is 819 g/mol. The molecule has 9 unspecified atom stereocenters. The van der Waals surface area contributed by atoms with Crippen molar-refractivity contribution >= 4 is 34.3 Å². The summed E-state index contributed by atoms with van der Waals surface area (Å²) in [5, 5.41) is 70.6. The predicted octanol–water partition coefficient (Wildman–Crippen LogP) is 9.35. The van der Waals surface area contributed by atoms with Crippen molar-refractivity contribution in [3.8, 4) is 28.7 Å². The van der Waals surface area contributed by atoms with Gasteiger partial charge < -0.3 is 36.0 Å². The number of aliphatic imine (C=N–C) groups is 2. The van der Waals surface area contributed by atoms with Gasteiger partial charge in [0.05, 0.1) is 22.9 Å². The van der Waals surface area contributed by atoms with Crippen molar-refractivity contribution in [1.29, 1.82) is 0 Å². The summed E-state index contributed by atoms with van der Waals surface area (Å²) >= 11 is 0. The van der Waals surface area contributed by atoms with Crippen LogP contribution in [0.3, 0.4) is 0 Å². The Hall–Kier alpha value is -5.12. The molecule has 2 spiro atoms. The van der Waals surface area contributed by atoms with E-state index in [0.29, 0.717) is 59.3 Å². The zero-order chi connectivity index (χ0) is 41.7. The van der Waals surface area contributed by atoms with E-state index < -0.39 is 6.10 Å². The second kappa shape index (κ2) is 14.5. The van der Waals surface area contributed by atoms with E-state index in [9.17, 15) is 30.6 Å². The van der Waals surface area contributed by atoms with Gasteiger partial charge in [0, 0.05) is 29.5 Å². The highest BCUT2D eigenvalue weighted by Gasteiger charge is 2.78. The molecular weight excluding hydrogens is 763 g/mol. The average Bonchev–Trinajstić information content (AvgIpc) is 3.99. The highest BCUT2D eigenvalue weighted by molar-refractivity contribution is 6.46. The number of aliphatic hydroxyl groups excluding tert-OH is 1. The lowest BCUT2D eigenvalue weighted by Crippen LogP contribution is -2.75. The van der Waals surface area contributed by atoms with Crippen molar-refractivity contribution in [3.63, 3.8) is 0 Å². The van der Waals surface area contributed by atoms with Crippen LogP contribution in [0.15, 0.2) is 82.8 Å². The number of aryl methyl sites for hydroxylation is 1. The van der Waals surface area contributed by atoms with Gasteiger partial charge in [0.1, 0.15) is 12.4 Å². The molecule has 1 aliphatic heterocycles. The Morgan fingerprint density at radius 3 is 2.36 bits per heavy atom.